The Labute approximate surface area is 388 Å². The molecule has 17 heteroatoms. The van der Waals surface area contributed by atoms with E-state index < -0.39 is 48.5 Å². The van der Waals surface area contributed by atoms with Crippen molar-refractivity contribution in [2.75, 3.05) is 32.2 Å². The highest BCUT2D eigenvalue weighted by molar-refractivity contribution is 7.59. The highest BCUT2D eigenvalue weighted by Gasteiger charge is 2.66. The molecule has 65 heavy (non-hydrogen) atoms. The third-order valence-electron chi connectivity index (χ3n) is 13.6. The lowest BCUT2D eigenvalue weighted by molar-refractivity contribution is -0.154. The molecule has 2 aliphatic carbocycles. The van der Waals surface area contributed by atoms with Crippen molar-refractivity contribution in [1.29, 1.82) is 0 Å². The Balaban J connectivity index is 1.14. The smallest absolute Gasteiger partial charge is 0.306 e. The van der Waals surface area contributed by atoms with Gasteiger partial charge in [-0.1, -0.05) is 23.7 Å². The van der Waals surface area contributed by atoms with Crippen molar-refractivity contribution in [3.05, 3.63) is 63.7 Å². The van der Waals surface area contributed by atoms with Crippen LogP contribution in [0.4, 0.5) is 9.52 Å². The van der Waals surface area contributed by atoms with E-state index in [0.29, 0.717) is 89.8 Å². The molecule has 2 saturated heterocycles. The standard InChI is InChI=1S/C48H59ClFN4O9PS/c1-28(2)51-47-53-38(27-65-47)37-22-42(34-16-17-41(60-4)44(49)45(34)52-37)62-33-21-39-40(55)24-48(64(58,59)26-35-29(3)10-7-15-36(35)50)23-31(48)12-9-19-61-18-8-11-30(46(57)54(39)25-33)20-43(56)63-32-13-5-6-14-32/h7,10,15-17,22,27-28,30-33,39H,5-6,8-9,11-14,18-21,23-26H2,1-4H3,(H,51,53)(H,58,59)/t30-,31-,33-,39+,48-/m1/s1. The number of halogens is 2. The van der Waals surface area contributed by atoms with Crippen LogP contribution < -0.4 is 14.8 Å². The fraction of sp³-hybridized carbons (Fsp3) is 0.562. The van der Waals surface area contributed by atoms with Gasteiger partial charge >= 0.3 is 5.97 Å². The van der Waals surface area contributed by atoms with Gasteiger partial charge in [-0.2, -0.15) is 0 Å². The van der Waals surface area contributed by atoms with Crippen LogP contribution in [0.15, 0.2) is 41.8 Å². The minimum absolute atomic E-state index is 0.00371. The highest BCUT2D eigenvalue weighted by atomic mass is 35.5. The van der Waals surface area contributed by atoms with Crippen molar-refractivity contribution in [2.24, 2.45) is 11.8 Å². The number of pyridine rings is 1. The van der Waals surface area contributed by atoms with E-state index in [2.05, 4.69) is 5.32 Å². The first-order valence-electron chi connectivity index (χ1n) is 22.9. The molecular weight excluding hydrogens is 894 g/mol. The van der Waals surface area contributed by atoms with E-state index in [4.69, 9.17) is 40.5 Å². The predicted octanol–water partition coefficient (Wildman–Crippen LogP) is 9.91. The first kappa shape index (κ1) is 47.4. The van der Waals surface area contributed by atoms with E-state index in [1.165, 1.54) is 29.4 Å². The maximum absolute atomic E-state index is 15.2. The third-order valence-corrected chi connectivity index (χ3v) is 17.6. The van der Waals surface area contributed by atoms with Crippen molar-refractivity contribution in [3.8, 4) is 22.9 Å². The lowest BCUT2D eigenvalue weighted by atomic mass is 9.96. The van der Waals surface area contributed by atoms with E-state index in [1.54, 1.807) is 37.3 Å². The van der Waals surface area contributed by atoms with Crippen LogP contribution in [0.3, 0.4) is 0 Å². The van der Waals surface area contributed by atoms with Crippen molar-refractivity contribution in [2.45, 2.75) is 133 Å². The van der Waals surface area contributed by atoms with Gasteiger partial charge in [-0.05, 0) is 108 Å². The molecule has 350 valence electrons. The monoisotopic (exact) mass is 952 g/mol. The van der Waals surface area contributed by atoms with E-state index >= 15 is 9.18 Å². The van der Waals surface area contributed by atoms with Crippen LogP contribution in [0, 0.1) is 24.6 Å². The van der Waals surface area contributed by atoms with Gasteiger partial charge in [0.15, 0.2) is 10.9 Å². The number of methoxy groups -OCH3 is 1. The zero-order valence-corrected chi connectivity index (χ0v) is 40.0. The fourth-order valence-electron chi connectivity index (χ4n) is 10.0. The number of nitrogens with one attached hydrogen (secondary N) is 1. The molecule has 2 aromatic heterocycles. The number of anilines is 1. The van der Waals surface area contributed by atoms with Gasteiger partial charge in [-0.25, -0.2) is 14.4 Å². The summed E-state index contributed by atoms with van der Waals surface area (Å²) in [5, 5.41) is 5.47. The molecule has 2 N–H and O–H groups in total. The Morgan fingerprint density at radius 3 is 2.57 bits per heavy atom. The van der Waals surface area contributed by atoms with Crippen LogP contribution in [0.25, 0.3) is 22.3 Å². The van der Waals surface area contributed by atoms with Gasteiger partial charge in [0.05, 0.1) is 48.6 Å². The van der Waals surface area contributed by atoms with Crippen LogP contribution in [0.1, 0.15) is 102 Å². The number of ether oxygens (including phenoxy) is 4. The summed E-state index contributed by atoms with van der Waals surface area (Å²) in [7, 11) is -2.72. The molecule has 4 aromatic rings. The van der Waals surface area contributed by atoms with E-state index in [9.17, 15) is 19.0 Å². The minimum Gasteiger partial charge on any atom is -0.495 e. The number of carbonyl (C=O) groups excluding carboxylic acids is 3. The topological polar surface area (TPSA) is 166 Å². The second-order valence-corrected chi connectivity index (χ2v) is 22.4. The van der Waals surface area contributed by atoms with Gasteiger partial charge < -0.3 is 34.1 Å². The number of hydrogen-bond donors (Lipinski definition) is 2. The molecule has 2 saturated carbocycles. The van der Waals surface area contributed by atoms with Crippen LogP contribution in [0.5, 0.6) is 11.5 Å². The first-order chi connectivity index (χ1) is 31.2. The van der Waals surface area contributed by atoms with Crippen LogP contribution in [-0.2, 0) is 34.6 Å². The Morgan fingerprint density at radius 1 is 1.06 bits per heavy atom. The summed E-state index contributed by atoms with van der Waals surface area (Å²) in [4.78, 5) is 66.7. The zero-order valence-electron chi connectivity index (χ0n) is 37.5. The van der Waals surface area contributed by atoms with Crippen LogP contribution in [0.2, 0.25) is 5.02 Å². The number of benzene rings is 2. The molecule has 4 aliphatic rings. The molecule has 1 amide bonds. The number of Topliss-reactive ketones (excluding diaryl/α,β-unsaturated/α-hetero) is 1. The van der Waals surface area contributed by atoms with Crippen molar-refractivity contribution < 1.29 is 47.2 Å². The Kier molecular flexibility index (Phi) is 14.6. The largest absolute Gasteiger partial charge is 0.495 e. The second kappa shape index (κ2) is 20.0. The molecule has 2 aliphatic heterocycles. The molecule has 0 radical (unpaired) electrons. The molecule has 6 atom stereocenters. The summed E-state index contributed by atoms with van der Waals surface area (Å²) in [6.07, 6.45) is 4.20. The molecule has 13 nitrogen and oxygen atoms in total. The maximum atomic E-state index is 15.2. The lowest BCUT2D eigenvalue weighted by Crippen LogP contribution is -2.45. The number of nitrogens with zero attached hydrogens (tertiary/aromatic N) is 3. The zero-order chi connectivity index (χ0) is 46.0. The molecular formula is C48H59ClFN4O9PS. The summed E-state index contributed by atoms with van der Waals surface area (Å²) in [5.74, 6) is -2.03. The first-order valence-corrected chi connectivity index (χ1v) is 26.0. The highest BCUT2D eigenvalue weighted by Crippen LogP contribution is 2.75. The summed E-state index contributed by atoms with van der Waals surface area (Å²) in [6, 6.07) is 8.97. The molecule has 0 spiro atoms. The number of rotatable bonds is 12. The predicted molar refractivity (Wildman–Crippen MR) is 249 cm³/mol. The molecule has 1 unspecified atom stereocenters. The number of thiazole rings is 1. The summed E-state index contributed by atoms with van der Waals surface area (Å²) < 4.78 is 54.2. The number of ketones is 1. The van der Waals surface area contributed by atoms with Gasteiger partial charge in [0, 0.05) is 60.4 Å². The Morgan fingerprint density at radius 2 is 1.83 bits per heavy atom. The molecule has 0 bridgehead atoms. The minimum atomic E-state index is -4.24. The second-order valence-electron chi connectivity index (χ2n) is 18.5. The average Bonchev–Trinajstić information content (AvgIpc) is 3.68. The van der Waals surface area contributed by atoms with Gasteiger partial charge in [0.25, 0.3) is 0 Å². The number of carbonyl (C=O) groups is 3. The number of esters is 1. The maximum Gasteiger partial charge on any atom is 0.306 e. The number of hydrogen-bond acceptors (Lipinski definition) is 12. The van der Waals surface area contributed by atoms with Gasteiger partial charge in [-0.15, -0.1) is 11.3 Å². The molecule has 2 aromatic carbocycles. The third kappa shape index (κ3) is 10.4. The molecule has 4 fully saturated rings. The summed E-state index contributed by atoms with van der Waals surface area (Å²) in [6.45, 7) is 6.52. The van der Waals surface area contributed by atoms with E-state index in [1.807, 2.05) is 19.2 Å². The quantitative estimate of drug-likeness (QED) is 0.102. The van der Waals surface area contributed by atoms with Crippen molar-refractivity contribution >= 4 is 64.0 Å². The van der Waals surface area contributed by atoms with E-state index in [-0.39, 0.29) is 66.1 Å². The average molecular weight is 954 g/mol. The van der Waals surface area contributed by atoms with Gasteiger partial charge in [0.2, 0.25) is 13.3 Å². The number of aromatic nitrogens is 2. The van der Waals surface area contributed by atoms with Gasteiger partial charge in [0.1, 0.15) is 40.2 Å². The molecule has 4 heterocycles. The Hall–Kier alpha value is -4.14. The number of aryl methyl sites for hydroxylation is 1. The van der Waals surface area contributed by atoms with Crippen molar-refractivity contribution in [1.82, 2.24) is 14.9 Å². The van der Waals surface area contributed by atoms with Crippen molar-refractivity contribution in [3.63, 3.8) is 0 Å². The molecule has 8 rings (SSSR count). The van der Waals surface area contributed by atoms with E-state index in [0.717, 1.165) is 25.7 Å². The SMILES string of the molecule is COc1ccc2c(O[C@@H]3C[C@H]4C(=O)C[C@]5(P(=O)(O)Cc6c(C)cccc6F)C[C@H]5CCCOCCC[C@H](CC(=O)OC5CCCC5)C(=O)N4C3)cc(-c3csc(NC(C)C)n3)nc2c1Cl. The number of amides is 1. The summed E-state index contributed by atoms with van der Waals surface area (Å²) >= 11 is 8.33. The normalized spacial score (nSPS) is 25.4. The van der Waals surface area contributed by atoms with Crippen LogP contribution in [-0.4, -0.2) is 93.7 Å². The van der Waals surface area contributed by atoms with Gasteiger partial charge in [-0.3, -0.25) is 18.9 Å². The Bertz CT molecular complexity index is 2450. The van der Waals surface area contributed by atoms with Crippen LogP contribution >= 0.6 is 30.3 Å². The lowest BCUT2D eigenvalue weighted by Gasteiger charge is -2.30. The summed E-state index contributed by atoms with van der Waals surface area (Å²) in [5.41, 5.74) is 2.22. The fourth-order valence-corrected chi connectivity index (χ4v) is 13.9. The number of fused-ring (bicyclic) bond motifs is 3.